The summed E-state index contributed by atoms with van der Waals surface area (Å²) in [4.78, 5) is 11.8. The van der Waals surface area contributed by atoms with Crippen LogP contribution >= 0.6 is 15.9 Å². The number of carbonyl (C=O) groups excluding carboxylic acids is 1. The highest BCUT2D eigenvalue weighted by atomic mass is 79.9. The normalized spacial score (nSPS) is 15.9. The summed E-state index contributed by atoms with van der Waals surface area (Å²) >= 11 is 3.13. The standard InChI is InChI=1S/C14H17BrFNO3/c15-11-2-1-3-12(16)13(11)14(19)17-6-10(18)8-20-7-9-4-5-9/h1-3,9-10,18H,4-8H2,(H,17,19)/t10-/m1/s1. The van der Waals surface area contributed by atoms with Gasteiger partial charge in [-0.05, 0) is 46.8 Å². The Morgan fingerprint density at radius 2 is 2.30 bits per heavy atom. The van der Waals surface area contributed by atoms with Crippen LogP contribution in [0, 0.1) is 11.7 Å². The monoisotopic (exact) mass is 345 g/mol. The van der Waals surface area contributed by atoms with Gasteiger partial charge in [-0.3, -0.25) is 4.79 Å². The van der Waals surface area contributed by atoms with Crippen molar-refractivity contribution in [1.82, 2.24) is 5.32 Å². The Morgan fingerprint density at radius 1 is 1.55 bits per heavy atom. The predicted molar refractivity (Wildman–Crippen MR) is 76.0 cm³/mol. The van der Waals surface area contributed by atoms with E-state index in [-0.39, 0.29) is 18.7 Å². The molecule has 0 spiro atoms. The Bertz CT molecular complexity index is 459. The van der Waals surface area contributed by atoms with E-state index in [1.165, 1.54) is 25.0 Å². The van der Waals surface area contributed by atoms with Gasteiger partial charge in [0.25, 0.3) is 5.91 Å². The first kappa shape index (κ1) is 15.4. The fourth-order valence-electron chi connectivity index (χ4n) is 1.73. The lowest BCUT2D eigenvalue weighted by atomic mass is 10.2. The summed E-state index contributed by atoms with van der Waals surface area (Å²) in [6.45, 7) is 0.864. The van der Waals surface area contributed by atoms with Gasteiger partial charge in [-0.25, -0.2) is 4.39 Å². The van der Waals surface area contributed by atoms with Gasteiger partial charge in [-0.15, -0.1) is 0 Å². The molecule has 0 aromatic heterocycles. The van der Waals surface area contributed by atoms with Crippen LogP contribution in [0.5, 0.6) is 0 Å². The van der Waals surface area contributed by atoms with Crippen LogP contribution in [0.25, 0.3) is 0 Å². The maximum absolute atomic E-state index is 13.5. The molecule has 0 saturated heterocycles. The summed E-state index contributed by atoms with van der Waals surface area (Å²) in [6.07, 6.45) is 1.59. The molecule has 4 nitrogen and oxygen atoms in total. The second-order valence-corrected chi connectivity index (χ2v) is 5.80. The lowest BCUT2D eigenvalue weighted by Gasteiger charge is -2.13. The van der Waals surface area contributed by atoms with Gasteiger partial charge >= 0.3 is 0 Å². The number of carbonyl (C=O) groups is 1. The van der Waals surface area contributed by atoms with E-state index < -0.39 is 17.8 Å². The number of rotatable bonds is 7. The smallest absolute Gasteiger partial charge is 0.255 e. The third kappa shape index (κ3) is 4.54. The second-order valence-electron chi connectivity index (χ2n) is 4.94. The number of ether oxygens (including phenoxy) is 1. The first-order valence-corrected chi connectivity index (χ1v) is 7.35. The van der Waals surface area contributed by atoms with Gasteiger partial charge < -0.3 is 15.2 Å². The van der Waals surface area contributed by atoms with Gasteiger partial charge in [0.05, 0.1) is 18.3 Å². The summed E-state index contributed by atoms with van der Waals surface area (Å²) in [6, 6.07) is 4.32. The molecule has 1 aliphatic rings. The Balaban J connectivity index is 1.76. The molecule has 1 aromatic carbocycles. The van der Waals surface area contributed by atoms with Crippen LogP contribution in [-0.4, -0.2) is 36.9 Å². The van der Waals surface area contributed by atoms with Crippen LogP contribution in [0.3, 0.4) is 0 Å². The van der Waals surface area contributed by atoms with E-state index in [2.05, 4.69) is 21.2 Å². The SMILES string of the molecule is O=C(NC[C@@H](O)COCC1CC1)c1c(F)cccc1Br. The molecular weight excluding hydrogens is 329 g/mol. The number of aliphatic hydroxyl groups excluding tert-OH is 1. The zero-order chi connectivity index (χ0) is 14.5. The minimum absolute atomic E-state index is 0.0320. The summed E-state index contributed by atoms with van der Waals surface area (Å²) in [5.41, 5.74) is -0.0569. The molecule has 1 saturated carbocycles. The van der Waals surface area contributed by atoms with Crippen molar-refractivity contribution in [2.45, 2.75) is 18.9 Å². The average Bonchev–Trinajstić information content (AvgIpc) is 3.20. The lowest BCUT2D eigenvalue weighted by molar-refractivity contribution is 0.0320. The second kappa shape index (κ2) is 7.15. The molecule has 0 unspecified atom stereocenters. The molecule has 2 rings (SSSR count). The van der Waals surface area contributed by atoms with Gasteiger partial charge in [0.1, 0.15) is 5.82 Å². The Hall–Kier alpha value is -0.980. The van der Waals surface area contributed by atoms with Crippen molar-refractivity contribution in [3.8, 4) is 0 Å². The molecule has 0 bridgehead atoms. The topological polar surface area (TPSA) is 58.6 Å². The number of halogens is 2. The molecule has 0 radical (unpaired) electrons. The van der Waals surface area contributed by atoms with Gasteiger partial charge in [0.15, 0.2) is 0 Å². The van der Waals surface area contributed by atoms with E-state index in [1.54, 1.807) is 6.07 Å². The van der Waals surface area contributed by atoms with Gasteiger partial charge in [0, 0.05) is 17.6 Å². The quantitative estimate of drug-likeness (QED) is 0.795. The molecule has 1 aromatic rings. The van der Waals surface area contributed by atoms with Gasteiger partial charge in [-0.1, -0.05) is 6.07 Å². The highest BCUT2D eigenvalue weighted by Gasteiger charge is 2.22. The summed E-state index contributed by atoms with van der Waals surface area (Å²) in [5, 5.41) is 12.2. The van der Waals surface area contributed by atoms with Crippen molar-refractivity contribution in [2.24, 2.45) is 5.92 Å². The number of amides is 1. The highest BCUT2D eigenvalue weighted by Crippen LogP contribution is 2.28. The fraction of sp³-hybridized carbons (Fsp3) is 0.500. The minimum atomic E-state index is -0.789. The summed E-state index contributed by atoms with van der Waals surface area (Å²) in [5.74, 6) is -0.529. The van der Waals surface area contributed by atoms with Gasteiger partial charge in [0.2, 0.25) is 0 Å². The largest absolute Gasteiger partial charge is 0.389 e. The third-order valence-corrected chi connectivity index (χ3v) is 3.71. The molecule has 6 heteroatoms. The molecule has 0 aliphatic heterocycles. The molecule has 110 valence electrons. The molecule has 0 heterocycles. The minimum Gasteiger partial charge on any atom is -0.389 e. The summed E-state index contributed by atoms with van der Waals surface area (Å²) in [7, 11) is 0. The first-order valence-electron chi connectivity index (χ1n) is 6.56. The van der Waals surface area contributed by atoms with Crippen LogP contribution in [0.4, 0.5) is 4.39 Å². The van der Waals surface area contributed by atoms with Crippen LogP contribution in [0.2, 0.25) is 0 Å². The van der Waals surface area contributed by atoms with E-state index in [0.29, 0.717) is 17.0 Å². The molecule has 2 N–H and O–H groups in total. The predicted octanol–water partition coefficient (Wildman–Crippen LogP) is 2.11. The molecule has 1 atom stereocenters. The first-order chi connectivity index (χ1) is 9.58. The van der Waals surface area contributed by atoms with Crippen LogP contribution in [0.15, 0.2) is 22.7 Å². The highest BCUT2D eigenvalue weighted by molar-refractivity contribution is 9.10. The number of nitrogens with one attached hydrogen (secondary N) is 1. The van der Waals surface area contributed by atoms with Crippen LogP contribution < -0.4 is 5.32 Å². The fourth-order valence-corrected chi connectivity index (χ4v) is 2.25. The van der Waals surface area contributed by atoms with E-state index in [9.17, 15) is 14.3 Å². The van der Waals surface area contributed by atoms with Crippen molar-refractivity contribution >= 4 is 21.8 Å². The lowest BCUT2D eigenvalue weighted by Crippen LogP contribution is -2.35. The van der Waals surface area contributed by atoms with E-state index in [0.717, 1.165) is 0 Å². The zero-order valence-electron chi connectivity index (χ0n) is 10.9. The maximum atomic E-state index is 13.5. The number of benzene rings is 1. The molecule has 1 fully saturated rings. The van der Waals surface area contributed by atoms with Crippen molar-refractivity contribution in [3.05, 3.63) is 34.1 Å². The van der Waals surface area contributed by atoms with Crippen molar-refractivity contribution in [1.29, 1.82) is 0 Å². The number of hydrogen-bond acceptors (Lipinski definition) is 3. The molecule has 20 heavy (non-hydrogen) atoms. The molecule has 1 amide bonds. The molecular formula is C14H17BrFNO3. The Morgan fingerprint density at radius 3 is 2.95 bits per heavy atom. The summed E-state index contributed by atoms with van der Waals surface area (Å²) < 4.78 is 19.2. The Labute approximate surface area is 125 Å². The zero-order valence-corrected chi connectivity index (χ0v) is 12.5. The number of aliphatic hydroxyl groups is 1. The van der Waals surface area contributed by atoms with Crippen LogP contribution in [-0.2, 0) is 4.74 Å². The average molecular weight is 346 g/mol. The number of hydrogen-bond donors (Lipinski definition) is 2. The third-order valence-electron chi connectivity index (χ3n) is 3.05. The molecule has 1 aliphatic carbocycles. The Kier molecular flexibility index (Phi) is 5.51. The van der Waals surface area contributed by atoms with E-state index in [4.69, 9.17) is 4.74 Å². The van der Waals surface area contributed by atoms with Crippen molar-refractivity contribution in [2.75, 3.05) is 19.8 Å². The van der Waals surface area contributed by atoms with Crippen molar-refractivity contribution in [3.63, 3.8) is 0 Å². The van der Waals surface area contributed by atoms with Gasteiger partial charge in [-0.2, -0.15) is 0 Å². The van der Waals surface area contributed by atoms with E-state index in [1.807, 2.05) is 0 Å². The van der Waals surface area contributed by atoms with E-state index >= 15 is 0 Å². The van der Waals surface area contributed by atoms with Crippen LogP contribution in [0.1, 0.15) is 23.2 Å². The maximum Gasteiger partial charge on any atom is 0.255 e. The van der Waals surface area contributed by atoms with Crippen molar-refractivity contribution < 1.29 is 19.0 Å².